The van der Waals surface area contributed by atoms with Gasteiger partial charge in [-0.1, -0.05) is 38.0 Å². The van der Waals surface area contributed by atoms with Crippen LogP contribution in [0.4, 0.5) is 13.2 Å². The molecule has 1 aliphatic carbocycles. The van der Waals surface area contributed by atoms with Gasteiger partial charge in [0.25, 0.3) is 5.91 Å². The minimum atomic E-state index is -4.54. The molecule has 2 aromatic heterocycles. The molecule has 1 saturated heterocycles. The molecule has 2 amide bonds. The third-order valence-electron chi connectivity index (χ3n) is 9.05. The van der Waals surface area contributed by atoms with Crippen LogP contribution >= 0.6 is 0 Å². The number of aliphatic imine (C=N–C) groups is 1. The van der Waals surface area contributed by atoms with E-state index >= 15 is 0 Å². The highest BCUT2D eigenvalue weighted by Gasteiger charge is 2.40. The van der Waals surface area contributed by atoms with Gasteiger partial charge in [-0.15, -0.1) is 0 Å². The summed E-state index contributed by atoms with van der Waals surface area (Å²) in [6.07, 6.45) is 6.27. The molecule has 0 spiro atoms. The van der Waals surface area contributed by atoms with Crippen molar-refractivity contribution >= 4 is 28.7 Å². The fourth-order valence-electron chi connectivity index (χ4n) is 6.66. The van der Waals surface area contributed by atoms with Crippen molar-refractivity contribution in [2.24, 2.45) is 16.8 Å². The number of aromatic nitrogens is 3. The summed E-state index contributed by atoms with van der Waals surface area (Å²) in [5.74, 6) is 0.709. The van der Waals surface area contributed by atoms with Crippen LogP contribution in [0, 0.1) is 18.8 Å². The number of imidazole rings is 1. The predicted molar refractivity (Wildman–Crippen MR) is 157 cm³/mol. The summed E-state index contributed by atoms with van der Waals surface area (Å²) in [5, 5.41) is 0. The number of halogens is 3. The number of amides is 2. The van der Waals surface area contributed by atoms with Gasteiger partial charge in [-0.25, -0.2) is 4.98 Å². The van der Waals surface area contributed by atoms with Gasteiger partial charge in [0.15, 0.2) is 5.65 Å². The highest BCUT2D eigenvalue weighted by Crippen LogP contribution is 2.33. The van der Waals surface area contributed by atoms with Gasteiger partial charge < -0.3 is 9.80 Å². The van der Waals surface area contributed by atoms with Gasteiger partial charge in [0, 0.05) is 62.0 Å². The van der Waals surface area contributed by atoms with Crippen LogP contribution in [-0.4, -0.2) is 80.6 Å². The van der Waals surface area contributed by atoms with Crippen LogP contribution in [0.3, 0.4) is 0 Å². The number of hydrogen-bond donors (Lipinski definition) is 0. The number of nitrogens with zero attached hydrogens (tertiary/aromatic N) is 6. The fourth-order valence-corrected chi connectivity index (χ4v) is 6.66. The molecule has 226 valence electrons. The fraction of sp³-hybridized carbons (Fsp3) is 0.469. The topological polar surface area (TPSA) is 83.2 Å². The molecule has 2 aliphatic heterocycles. The minimum absolute atomic E-state index is 0.0182. The third-order valence-corrected chi connectivity index (χ3v) is 9.05. The Bertz CT molecular complexity index is 1620. The highest BCUT2D eigenvalue weighted by molar-refractivity contribution is 6.27. The summed E-state index contributed by atoms with van der Waals surface area (Å²) in [6.45, 7) is 6.19. The molecule has 2 atom stereocenters. The number of hydrogen-bond acceptors (Lipinski definition) is 5. The van der Waals surface area contributed by atoms with Gasteiger partial charge in [0.2, 0.25) is 5.91 Å². The van der Waals surface area contributed by atoms with E-state index in [9.17, 15) is 22.8 Å². The van der Waals surface area contributed by atoms with Crippen molar-refractivity contribution in [3.8, 4) is 0 Å². The first-order chi connectivity index (χ1) is 20.6. The molecule has 0 radical (unpaired) electrons. The number of rotatable bonds is 5. The maximum Gasteiger partial charge on any atom is 0.433 e. The van der Waals surface area contributed by atoms with Gasteiger partial charge in [-0.3, -0.25) is 24.0 Å². The number of fused-ring (bicyclic) bond motifs is 1. The van der Waals surface area contributed by atoms with E-state index in [2.05, 4.69) is 21.9 Å². The monoisotopic (exact) mass is 592 g/mol. The molecule has 4 heterocycles. The zero-order valence-electron chi connectivity index (χ0n) is 24.4. The van der Waals surface area contributed by atoms with E-state index in [1.807, 2.05) is 34.9 Å². The molecule has 3 aliphatic rings. The summed E-state index contributed by atoms with van der Waals surface area (Å²) in [4.78, 5) is 42.8. The molecule has 43 heavy (non-hydrogen) atoms. The Kier molecular flexibility index (Phi) is 7.83. The van der Waals surface area contributed by atoms with Crippen molar-refractivity contribution in [3.05, 3.63) is 70.9 Å². The molecule has 3 aromatic rings. The SMILES string of the molecule is Cc1cc(Cc2nccn3c(C4=CCN=C4C(F)(F)F)cnc23)ccc1C(=O)N1CCN(C(=O)[C@@H]2CCCC[C@H]2C)CC1. The molecular formula is C32H35F3N6O2. The van der Waals surface area contributed by atoms with Crippen LogP contribution in [0.25, 0.3) is 11.2 Å². The van der Waals surface area contributed by atoms with Crippen LogP contribution in [0.2, 0.25) is 0 Å². The Balaban J connectivity index is 1.13. The largest absolute Gasteiger partial charge is 0.433 e. The lowest BCUT2D eigenvalue weighted by molar-refractivity contribution is -0.139. The lowest BCUT2D eigenvalue weighted by Gasteiger charge is -2.38. The molecule has 0 unspecified atom stereocenters. The molecule has 11 heteroatoms. The zero-order chi connectivity index (χ0) is 30.3. The van der Waals surface area contributed by atoms with Crippen LogP contribution in [0.15, 0.2) is 47.9 Å². The van der Waals surface area contributed by atoms with Crippen molar-refractivity contribution in [3.63, 3.8) is 0 Å². The molecule has 8 nitrogen and oxygen atoms in total. The van der Waals surface area contributed by atoms with Crippen LogP contribution in [0.1, 0.15) is 65.5 Å². The van der Waals surface area contributed by atoms with E-state index in [0.717, 1.165) is 30.4 Å². The number of allylic oxidation sites excluding steroid dienone is 1. The van der Waals surface area contributed by atoms with E-state index < -0.39 is 11.9 Å². The Hall–Kier alpha value is -4.02. The molecule has 0 N–H and O–H groups in total. The molecule has 6 rings (SSSR count). The zero-order valence-corrected chi connectivity index (χ0v) is 24.4. The van der Waals surface area contributed by atoms with Crippen molar-refractivity contribution < 1.29 is 22.8 Å². The van der Waals surface area contributed by atoms with E-state index in [1.165, 1.54) is 18.7 Å². The molecular weight excluding hydrogens is 557 g/mol. The quantitative estimate of drug-likeness (QED) is 0.411. The maximum absolute atomic E-state index is 13.5. The first-order valence-corrected chi connectivity index (χ1v) is 14.9. The smallest absolute Gasteiger partial charge is 0.339 e. The Morgan fingerprint density at radius 1 is 1.02 bits per heavy atom. The van der Waals surface area contributed by atoms with Gasteiger partial charge in [0.05, 0.1) is 24.1 Å². The van der Waals surface area contributed by atoms with Gasteiger partial charge in [-0.05, 0) is 42.9 Å². The average molecular weight is 593 g/mol. The highest BCUT2D eigenvalue weighted by atomic mass is 19.4. The summed E-state index contributed by atoms with van der Waals surface area (Å²) in [5.41, 5.74) is 2.89. The second-order valence-corrected chi connectivity index (χ2v) is 11.8. The van der Waals surface area contributed by atoms with Crippen molar-refractivity contribution in [1.29, 1.82) is 0 Å². The standard InChI is InChI=1S/C32H35F3N6O2/c1-20-5-3-4-6-23(20)30(42)39-13-15-40(16-14-39)31(43)24-8-7-22(17-21(24)2)18-26-29-38-19-27(41(29)12-11-36-26)25-9-10-37-28(25)32(33,34)35/h7-9,11-12,17,19-20,23H,3-6,10,13-16,18H2,1-2H3/t20-,23-/m1/s1. The van der Waals surface area contributed by atoms with Crippen LogP contribution in [-0.2, 0) is 11.2 Å². The van der Waals surface area contributed by atoms with Crippen molar-refractivity contribution in [1.82, 2.24) is 24.2 Å². The first-order valence-electron chi connectivity index (χ1n) is 14.9. The molecule has 1 saturated carbocycles. The molecule has 0 bridgehead atoms. The Labute approximate surface area is 248 Å². The van der Waals surface area contributed by atoms with Crippen LogP contribution < -0.4 is 0 Å². The normalized spacial score (nSPS) is 21.2. The average Bonchev–Trinajstić information content (AvgIpc) is 3.65. The number of carbonyl (C=O) groups is 2. The van der Waals surface area contributed by atoms with E-state index in [4.69, 9.17) is 0 Å². The van der Waals surface area contributed by atoms with Gasteiger partial charge in [-0.2, -0.15) is 13.2 Å². The maximum atomic E-state index is 13.5. The van der Waals surface area contributed by atoms with Crippen molar-refractivity contribution in [2.45, 2.75) is 52.1 Å². The summed E-state index contributed by atoms with van der Waals surface area (Å²) in [7, 11) is 0. The predicted octanol–water partition coefficient (Wildman–Crippen LogP) is 5.14. The second-order valence-electron chi connectivity index (χ2n) is 11.8. The number of carbonyl (C=O) groups excluding carboxylic acids is 2. The van der Waals surface area contributed by atoms with Crippen LogP contribution in [0.5, 0.6) is 0 Å². The third kappa shape index (κ3) is 5.69. The minimum Gasteiger partial charge on any atom is -0.339 e. The Morgan fingerprint density at radius 2 is 1.77 bits per heavy atom. The summed E-state index contributed by atoms with van der Waals surface area (Å²) >= 11 is 0. The second kappa shape index (κ2) is 11.6. The first kappa shape index (κ1) is 29.1. The van der Waals surface area contributed by atoms with Gasteiger partial charge >= 0.3 is 6.18 Å². The molecule has 1 aromatic carbocycles. The number of alkyl halides is 3. The number of aryl methyl sites for hydroxylation is 1. The lowest BCUT2D eigenvalue weighted by Crippen LogP contribution is -2.52. The van der Waals surface area contributed by atoms with Gasteiger partial charge in [0.1, 0.15) is 5.71 Å². The number of benzene rings is 1. The van der Waals surface area contributed by atoms with E-state index in [0.29, 0.717) is 61.1 Å². The Morgan fingerprint density at radius 3 is 2.49 bits per heavy atom. The summed E-state index contributed by atoms with van der Waals surface area (Å²) in [6, 6.07) is 5.65. The summed E-state index contributed by atoms with van der Waals surface area (Å²) < 4.78 is 42.1. The molecule has 2 fully saturated rings. The van der Waals surface area contributed by atoms with Crippen molar-refractivity contribution in [2.75, 3.05) is 32.7 Å². The lowest BCUT2D eigenvalue weighted by atomic mass is 9.79. The number of piperazine rings is 1. The van der Waals surface area contributed by atoms with E-state index in [-0.39, 0.29) is 29.9 Å². The van der Waals surface area contributed by atoms with E-state index in [1.54, 1.807) is 16.8 Å².